The zero-order chi connectivity index (χ0) is 43.7. The number of halogens is 6. The lowest BCUT2D eigenvalue weighted by Gasteiger charge is -2.12. The normalized spacial score (nSPS) is 12.1. The SMILES string of the molecule is CC(=O)C(N=Nc1cc(C(=O)Nc2cc(Cl)cc(Cl)c2)ccc1Cl)C(=O)Nc1ccc(NC(=O)C(N=Nc2cc(C(=O)Nc3cc(Cl)cc(Cl)c3)ccc2Cl)C(C)=O)cc1. The molecular weight excluding hydrogens is 901 g/mol. The van der Waals surface area contributed by atoms with Crippen LogP contribution in [0.25, 0.3) is 0 Å². The quantitative estimate of drug-likeness (QED) is 0.0630. The van der Waals surface area contributed by atoms with Crippen molar-refractivity contribution < 1.29 is 28.8 Å². The molecule has 0 aliphatic heterocycles. The van der Waals surface area contributed by atoms with Gasteiger partial charge in [-0.3, -0.25) is 28.8 Å². The van der Waals surface area contributed by atoms with Gasteiger partial charge >= 0.3 is 0 Å². The number of hydrogen-bond donors (Lipinski definition) is 4. The molecule has 0 bridgehead atoms. The van der Waals surface area contributed by atoms with Crippen LogP contribution in [0.3, 0.4) is 0 Å². The lowest BCUT2D eigenvalue weighted by atomic mass is 10.1. The molecule has 0 spiro atoms. The Labute approximate surface area is 371 Å². The van der Waals surface area contributed by atoms with Gasteiger partial charge in [-0.25, -0.2) is 0 Å². The highest BCUT2D eigenvalue weighted by Gasteiger charge is 2.25. The van der Waals surface area contributed by atoms with E-state index < -0.39 is 47.3 Å². The molecule has 0 aromatic heterocycles. The van der Waals surface area contributed by atoms with Crippen molar-refractivity contribution >= 4 is 139 Å². The molecule has 60 heavy (non-hydrogen) atoms. The zero-order valence-corrected chi connectivity index (χ0v) is 35.4. The van der Waals surface area contributed by atoms with E-state index in [4.69, 9.17) is 69.6 Å². The fourth-order valence-electron chi connectivity index (χ4n) is 5.05. The van der Waals surface area contributed by atoms with Gasteiger partial charge in [0.15, 0.2) is 11.6 Å². The van der Waals surface area contributed by atoms with E-state index in [9.17, 15) is 28.8 Å². The van der Waals surface area contributed by atoms with Crippen molar-refractivity contribution in [2.75, 3.05) is 21.3 Å². The second-order valence-electron chi connectivity index (χ2n) is 12.6. The molecule has 4 N–H and O–H groups in total. The van der Waals surface area contributed by atoms with Crippen molar-refractivity contribution in [2.45, 2.75) is 25.9 Å². The maximum atomic E-state index is 13.1. The van der Waals surface area contributed by atoms with Crippen molar-refractivity contribution in [3.05, 3.63) is 138 Å². The lowest BCUT2D eigenvalue weighted by molar-refractivity contribution is -0.127. The smallest absolute Gasteiger partial charge is 0.258 e. The molecule has 4 amide bonds. The first-order valence-corrected chi connectivity index (χ1v) is 19.4. The predicted molar refractivity (Wildman–Crippen MR) is 233 cm³/mol. The molecule has 5 rings (SSSR count). The van der Waals surface area contributed by atoms with Crippen LogP contribution in [-0.2, 0) is 19.2 Å². The summed E-state index contributed by atoms with van der Waals surface area (Å²) in [5, 5.41) is 27.6. The first kappa shape index (κ1) is 45.3. The molecule has 5 aromatic carbocycles. The number of amides is 4. The summed E-state index contributed by atoms with van der Waals surface area (Å²) in [5.74, 6) is -4.05. The van der Waals surface area contributed by atoms with Crippen LogP contribution in [0, 0.1) is 0 Å². The third-order valence-electron chi connectivity index (χ3n) is 7.91. The van der Waals surface area contributed by atoms with Gasteiger partial charge in [-0.05, 0) is 111 Å². The summed E-state index contributed by atoms with van der Waals surface area (Å²) >= 11 is 36.6. The van der Waals surface area contributed by atoms with Crippen molar-refractivity contribution in [1.82, 2.24) is 0 Å². The van der Waals surface area contributed by atoms with Crippen molar-refractivity contribution in [3.8, 4) is 0 Å². The minimum absolute atomic E-state index is 0.0102. The number of carbonyl (C=O) groups is 6. The molecule has 0 fully saturated rings. The third-order valence-corrected chi connectivity index (χ3v) is 9.42. The highest BCUT2D eigenvalue weighted by Crippen LogP contribution is 2.30. The molecule has 0 heterocycles. The van der Waals surface area contributed by atoms with E-state index in [0.717, 1.165) is 13.8 Å². The molecule has 0 radical (unpaired) electrons. The molecule has 0 saturated heterocycles. The molecule has 0 saturated carbocycles. The zero-order valence-electron chi connectivity index (χ0n) is 30.9. The van der Waals surface area contributed by atoms with E-state index in [2.05, 4.69) is 41.7 Å². The number of carbonyl (C=O) groups excluding carboxylic acids is 6. The van der Waals surface area contributed by atoms with Crippen LogP contribution >= 0.6 is 69.6 Å². The molecule has 14 nitrogen and oxygen atoms in total. The van der Waals surface area contributed by atoms with Gasteiger partial charge in [0.1, 0.15) is 11.4 Å². The van der Waals surface area contributed by atoms with Crippen LogP contribution in [0.15, 0.2) is 118 Å². The van der Waals surface area contributed by atoms with Gasteiger partial charge in [0, 0.05) is 54.0 Å². The highest BCUT2D eigenvalue weighted by molar-refractivity contribution is 6.36. The van der Waals surface area contributed by atoms with Crippen LogP contribution in [-0.4, -0.2) is 47.3 Å². The average Bonchev–Trinajstić information content (AvgIpc) is 3.16. The molecule has 2 unspecified atom stereocenters. The summed E-state index contributed by atoms with van der Waals surface area (Å²) in [5.41, 5.74) is 1.42. The van der Waals surface area contributed by atoms with Gasteiger partial charge < -0.3 is 21.3 Å². The Hall–Kier alpha value is -5.74. The maximum absolute atomic E-state index is 13.1. The number of nitrogens with zero attached hydrogens (tertiary/aromatic N) is 4. The fourth-order valence-corrected chi connectivity index (χ4v) is 6.42. The number of hydrogen-bond acceptors (Lipinski definition) is 10. The van der Waals surface area contributed by atoms with Gasteiger partial charge in [0.25, 0.3) is 23.6 Å². The third kappa shape index (κ3) is 12.6. The molecule has 5 aromatic rings. The average molecular weight is 929 g/mol. The minimum Gasteiger partial charge on any atom is -0.324 e. The Morgan fingerprint density at radius 2 is 0.767 bits per heavy atom. The van der Waals surface area contributed by atoms with Gasteiger partial charge in [-0.2, -0.15) is 20.5 Å². The highest BCUT2D eigenvalue weighted by atomic mass is 35.5. The second kappa shape index (κ2) is 20.5. The summed E-state index contributed by atoms with van der Waals surface area (Å²) in [7, 11) is 0. The summed E-state index contributed by atoms with van der Waals surface area (Å²) in [6.45, 7) is 2.29. The Balaban J connectivity index is 1.21. The maximum Gasteiger partial charge on any atom is 0.258 e. The molecule has 20 heteroatoms. The van der Waals surface area contributed by atoms with E-state index in [0.29, 0.717) is 31.5 Å². The van der Waals surface area contributed by atoms with Crippen LogP contribution in [0.1, 0.15) is 34.6 Å². The summed E-state index contributed by atoms with van der Waals surface area (Å²) in [6.07, 6.45) is 0. The number of nitrogens with one attached hydrogen (secondary N) is 4. The topological polar surface area (TPSA) is 200 Å². The number of rotatable bonds is 14. The molecular formula is C40H28Cl6N8O6. The van der Waals surface area contributed by atoms with E-state index in [1.807, 2.05) is 0 Å². The molecule has 0 aliphatic carbocycles. The number of anilines is 4. The largest absolute Gasteiger partial charge is 0.324 e. The minimum atomic E-state index is -1.60. The number of benzene rings is 5. The van der Waals surface area contributed by atoms with Gasteiger partial charge in [-0.15, -0.1) is 0 Å². The second-order valence-corrected chi connectivity index (χ2v) is 15.1. The Kier molecular flexibility index (Phi) is 15.5. The lowest BCUT2D eigenvalue weighted by Crippen LogP contribution is -2.32. The molecule has 2 atom stereocenters. The van der Waals surface area contributed by atoms with Crippen LogP contribution < -0.4 is 21.3 Å². The first-order valence-electron chi connectivity index (χ1n) is 17.1. The predicted octanol–water partition coefficient (Wildman–Crippen LogP) is 11.5. The van der Waals surface area contributed by atoms with Crippen LogP contribution in [0.2, 0.25) is 30.1 Å². The first-order chi connectivity index (χ1) is 28.4. The Bertz CT molecular complexity index is 2370. The van der Waals surface area contributed by atoms with E-state index in [1.54, 1.807) is 0 Å². The molecule has 0 aliphatic rings. The van der Waals surface area contributed by atoms with E-state index in [-0.39, 0.29) is 43.9 Å². The van der Waals surface area contributed by atoms with Crippen molar-refractivity contribution in [1.29, 1.82) is 0 Å². The van der Waals surface area contributed by atoms with Crippen LogP contribution in [0.4, 0.5) is 34.1 Å². The number of Topliss-reactive ketones (excluding diaryl/α,β-unsaturated/α-hetero) is 2. The Morgan fingerprint density at radius 3 is 1.08 bits per heavy atom. The number of azo groups is 2. The standard InChI is InChI=1S/C40H28Cl6N8O6/c1-19(55)35(53-51-33-11-21(3-9-31(33)45)37(57)49-29-15-23(41)13-24(42)16-29)39(59)47-27-5-7-28(8-6-27)48-40(60)36(20(2)56)54-52-34-12-22(4-10-32(34)46)38(58)50-30-17-25(43)14-26(44)18-30/h3-18,35-36H,1-2H3,(H,47,59)(H,48,60)(H,49,57)(H,50,58). The van der Waals surface area contributed by atoms with Gasteiger partial charge in [-0.1, -0.05) is 69.6 Å². The monoisotopic (exact) mass is 926 g/mol. The van der Waals surface area contributed by atoms with Crippen LogP contribution in [0.5, 0.6) is 0 Å². The fraction of sp³-hybridized carbons (Fsp3) is 0.100. The molecule has 306 valence electrons. The van der Waals surface area contributed by atoms with Gasteiger partial charge in [0.2, 0.25) is 12.1 Å². The summed E-state index contributed by atoms with van der Waals surface area (Å²) < 4.78 is 0. The summed E-state index contributed by atoms with van der Waals surface area (Å²) in [6, 6.07) is 19.9. The van der Waals surface area contributed by atoms with Crippen molar-refractivity contribution in [2.24, 2.45) is 20.5 Å². The number of ketones is 2. The Morgan fingerprint density at radius 1 is 0.433 bits per heavy atom. The van der Waals surface area contributed by atoms with E-state index in [1.165, 1.54) is 97.1 Å². The van der Waals surface area contributed by atoms with E-state index >= 15 is 0 Å². The van der Waals surface area contributed by atoms with Gasteiger partial charge in [0.05, 0.1) is 10.0 Å². The summed E-state index contributed by atoms with van der Waals surface area (Å²) in [4.78, 5) is 76.9. The van der Waals surface area contributed by atoms with Crippen molar-refractivity contribution in [3.63, 3.8) is 0 Å².